The molecule has 0 radical (unpaired) electrons. The third-order valence-electron chi connectivity index (χ3n) is 3.51. The molecule has 0 saturated heterocycles. The number of para-hydroxylation sites is 1. The Labute approximate surface area is 105 Å². The van der Waals surface area contributed by atoms with Crippen molar-refractivity contribution in [3.8, 4) is 0 Å². The van der Waals surface area contributed by atoms with Crippen LogP contribution in [0.1, 0.15) is 5.69 Å². The number of aromatic nitrogens is 1. The number of nitrogens with zero attached hydrogens (tertiary/aromatic N) is 2. The van der Waals surface area contributed by atoms with Crippen LogP contribution in [0.15, 0.2) is 60.8 Å². The molecule has 0 N–H and O–H groups in total. The third kappa shape index (κ3) is 1.32. The summed E-state index contributed by atoms with van der Waals surface area (Å²) in [5.41, 5.74) is 2.54. The zero-order valence-corrected chi connectivity index (χ0v) is 9.95. The standard InChI is InChI=1S/C16H13N2/c1-2-7-14(8-3-1)17-11-16-15-9-5-4-6-13(15)10-18(16)12-17/h1-11H,12H2/q+1. The number of fused-ring (bicyclic) bond motifs is 3. The maximum absolute atomic E-state index is 2.30. The van der Waals surface area contributed by atoms with Gasteiger partial charge in [0.1, 0.15) is 5.69 Å². The van der Waals surface area contributed by atoms with Crippen LogP contribution in [0.4, 0.5) is 5.69 Å². The van der Waals surface area contributed by atoms with Crippen LogP contribution in [-0.4, -0.2) is 15.4 Å². The van der Waals surface area contributed by atoms with Crippen molar-refractivity contribution in [3.05, 3.63) is 66.5 Å². The van der Waals surface area contributed by atoms with Gasteiger partial charge in [-0.15, -0.1) is 0 Å². The summed E-state index contributed by atoms with van der Waals surface area (Å²) >= 11 is 0. The van der Waals surface area contributed by atoms with Crippen LogP contribution in [0.5, 0.6) is 0 Å². The van der Waals surface area contributed by atoms with E-state index in [0.29, 0.717) is 0 Å². The molecule has 3 aromatic rings. The molecular weight excluding hydrogens is 220 g/mol. The van der Waals surface area contributed by atoms with Crippen molar-refractivity contribution in [2.24, 2.45) is 0 Å². The van der Waals surface area contributed by atoms with Gasteiger partial charge < -0.3 is 0 Å². The number of rotatable bonds is 1. The summed E-state index contributed by atoms with van der Waals surface area (Å²) in [7, 11) is 0. The van der Waals surface area contributed by atoms with E-state index in [1.807, 2.05) is 0 Å². The van der Waals surface area contributed by atoms with Crippen molar-refractivity contribution in [1.82, 2.24) is 4.57 Å². The van der Waals surface area contributed by atoms with E-state index in [4.69, 9.17) is 0 Å². The van der Waals surface area contributed by atoms with Gasteiger partial charge in [-0.05, 0) is 0 Å². The Hall–Kier alpha value is -2.35. The number of hydrogen-bond donors (Lipinski definition) is 0. The van der Waals surface area contributed by atoms with Gasteiger partial charge in [-0.3, -0.25) is 4.57 Å². The topological polar surface area (TPSA) is 7.94 Å². The predicted molar refractivity (Wildman–Crippen MR) is 73.5 cm³/mol. The van der Waals surface area contributed by atoms with Crippen LogP contribution in [0.25, 0.3) is 10.8 Å². The Morgan fingerprint density at radius 2 is 1.67 bits per heavy atom. The first-order chi connectivity index (χ1) is 8.92. The van der Waals surface area contributed by atoms with Crippen molar-refractivity contribution in [1.29, 1.82) is 0 Å². The largest absolute Gasteiger partial charge is 0.285 e. The Morgan fingerprint density at radius 1 is 0.889 bits per heavy atom. The van der Waals surface area contributed by atoms with Crippen molar-refractivity contribution >= 4 is 22.7 Å². The van der Waals surface area contributed by atoms with Crippen LogP contribution >= 0.6 is 0 Å². The van der Waals surface area contributed by atoms with Gasteiger partial charge >= 0.3 is 0 Å². The van der Waals surface area contributed by atoms with Crippen molar-refractivity contribution in [2.75, 3.05) is 0 Å². The second-order valence-corrected chi connectivity index (χ2v) is 4.65. The second kappa shape index (κ2) is 3.57. The summed E-state index contributed by atoms with van der Waals surface area (Å²) in [6.45, 7) is 0.897. The van der Waals surface area contributed by atoms with Gasteiger partial charge in [0.2, 0.25) is 12.4 Å². The molecule has 0 unspecified atom stereocenters. The fourth-order valence-electron chi connectivity index (χ4n) is 2.62. The summed E-state index contributed by atoms with van der Waals surface area (Å²) in [4.78, 5) is 0. The summed E-state index contributed by atoms with van der Waals surface area (Å²) in [5.74, 6) is 0. The SMILES string of the molecule is C1=[N+](c2ccccc2)Cn2cc3ccccc3c21. The highest BCUT2D eigenvalue weighted by Gasteiger charge is 2.22. The van der Waals surface area contributed by atoms with Gasteiger partial charge in [-0.1, -0.05) is 42.5 Å². The minimum absolute atomic E-state index is 0.897. The smallest absolute Gasteiger partial charge is 0.228 e. The first-order valence-electron chi connectivity index (χ1n) is 6.16. The van der Waals surface area contributed by atoms with Crippen molar-refractivity contribution in [2.45, 2.75) is 6.67 Å². The quantitative estimate of drug-likeness (QED) is 0.569. The lowest BCUT2D eigenvalue weighted by molar-refractivity contribution is -0.463. The first kappa shape index (κ1) is 9.66. The highest BCUT2D eigenvalue weighted by Crippen LogP contribution is 2.25. The molecule has 2 aromatic carbocycles. The Morgan fingerprint density at radius 3 is 2.56 bits per heavy atom. The van der Waals surface area contributed by atoms with E-state index >= 15 is 0 Å². The average molecular weight is 233 g/mol. The Balaban J connectivity index is 1.88. The molecule has 0 bridgehead atoms. The lowest BCUT2D eigenvalue weighted by atomic mass is 10.2. The minimum Gasteiger partial charge on any atom is -0.285 e. The summed E-state index contributed by atoms with van der Waals surface area (Å²) < 4.78 is 4.58. The molecule has 2 heterocycles. The lowest BCUT2D eigenvalue weighted by Gasteiger charge is -1.96. The minimum atomic E-state index is 0.897. The first-order valence-corrected chi connectivity index (χ1v) is 6.16. The van der Waals surface area contributed by atoms with Crippen LogP contribution in [0, 0.1) is 0 Å². The maximum Gasteiger partial charge on any atom is 0.228 e. The van der Waals surface area contributed by atoms with Crippen molar-refractivity contribution < 1.29 is 4.58 Å². The van der Waals surface area contributed by atoms with E-state index in [2.05, 4.69) is 76.2 Å². The molecule has 0 amide bonds. The van der Waals surface area contributed by atoms with E-state index in [-0.39, 0.29) is 0 Å². The van der Waals surface area contributed by atoms with Gasteiger partial charge in [0.25, 0.3) is 0 Å². The predicted octanol–water partition coefficient (Wildman–Crippen LogP) is 3.38. The van der Waals surface area contributed by atoms with E-state index in [1.165, 1.54) is 22.2 Å². The number of hydrogen-bond acceptors (Lipinski definition) is 0. The molecule has 2 nitrogen and oxygen atoms in total. The third-order valence-corrected chi connectivity index (χ3v) is 3.51. The molecule has 1 aliphatic rings. The highest BCUT2D eigenvalue weighted by molar-refractivity contribution is 5.98. The molecule has 0 saturated carbocycles. The van der Waals surface area contributed by atoms with Gasteiger partial charge in [-0.25, -0.2) is 0 Å². The fraction of sp³-hybridized carbons (Fsp3) is 0.0625. The molecule has 0 atom stereocenters. The maximum atomic E-state index is 2.30. The molecule has 1 aliphatic heterocycles. The van der Waals surface area contributed by atoms with Crippen LogP contribution in [0.2, 0.25) is 0 Å². The molecule has 18 heavy (non-hydrogen) atoms. The molecule has 0 aliphatic carbocycles. The van der Waals surface area contributed by atoms with Gasteiger partial charge in [0.05, 0.1) is 0 Å². The Bertz CT molecular complexity index is 751. The summed E-state index contributed by atoms with van der Waals surface area (Å²) in [6, 6.07) is 19.0. The van der Waals surface area contributed by atoms with E-state index < -0.39 is 0 Å². The lowest BCUT2D eigenvalue weighted by Crippen LogP contribution is -2.03. The molecule has 1 aromatic heterocycles. The van der Waals surface area contributed by atoms with Gasteiger partial charge in [-0.2, -0.15) is 4.58 Å². The average Bonchev–Trinajstić information content (AvgIpc) is 2.97. The monoisotopic (exact) mass is 233 g/mol. The molecule has 4 rings (SSSR count). The summed E-state index contributed by atoms with van der Waals surface area (Å²) in [5, 5.41) is 2.65. The van der Waals surface area contributed by atoms with Crippen LogP contribution < -0.4 is 0 Å². The molecule has 0 spiro atoms. The molecule has 0 fully saturated rings. The zero-order chi connectivity index (χ0) is 11.9. The van der Waals surface area contributed by atoms with Crippen LogP contribution in [-0.2, 0) is 6.67 Å². The fourth-order valence-corrected chi connectivity index (χ4v) is 2.62. The summed E-state index contributed by atoms with van der Waals surface area (Å²) in [6.07, 6.45) is 4.46. The normalized spacial score (nSPS) is 13.7. The van der Waals surface area contributed by atoms with Crippen LogP contribution in [0.3, 0.4) is 0 Å². The molecule has 86 valence electrons. The Kier molecular flexibility index (Phi) is 1.92. The molecule has 2 heteroatoms. The van der Waals surface area contributed by atoms with Gasteiger partial charge in [0.15, 0.2) is 6.21 Å². The number of benzene rings is 2. The van der Waals surface area contributed by atoms with Crippen molar-refractivity contribution in [3.63, 3.8) is 0 Å². The van der Waals surface area contributed by atoms with E-state index in [1.54, 1.807) is 0 Å². The zero-order valence-electron chi connectivity index (χ0n) is 9.95. The highest BCUT2D eigenvalue weighted by atomic mass is 15.2. The van der Waals surface area contributed by atoms with E-state index in [9.17, 15) is 0 Å². The molecular formula is C16H13N2+. The van der Waals surface area contributed by atoms with Gasteiger partial charge in [0, 0.05) is 29.1 Å². The second-order valence-electron chi connectivity index (χ2n) is 4.65. The van der Waals surface area contributed by atoms with E-state index in [0.717, 1.165) is 6.67 Å².